The molecule has 110 valence electrons. The second-order valence-corrected chi connectivity index (χ2v) is 4.72. The fraction of sp³-hybridized carbons (Fsp3) is 0.533. The van der Waals surface area contributed by atoms with Crippen molar-refractivity contribution in [2.45, 2.75) is 26.1 Å². The highest BCUT2D eigenvalue weighted by Crippen LogP contribution is 2.11. The van der Waals surface area contributed by atoms with Gasteiger partial charge in [0.25, 0.3) is 0 Å². The van der Waals surface area contributed by atoms with Crippen molar-refractivity contribution in [3.05, 3.63) is 29.8 Å². The third-order valence-electron chi connectivity index (χ3n) is 2.54. The smallest absolute Gasteiger partial charge is 0.119 e. The number of ether oxygens (including phenoxy) is 2. The number of hydrogen-bond donors (Lipinski definition) is 2. The summed E-state index contributed by atoms with van der Waals surface area (Å²) in [5.74, 6) is 0.645. The number of nitriles is 1. The summed E-state index contributed by atoms with van der Waals surface area (Å²) < 4.78 is 10.8. The maximum atomic E-state index is 9.74. The van der Waals surface area contributed by atoms with Crippen LogP contribution in [-0.2, 0) is 4.74 Å². The molecule has 0 aliphatic rings. The quantitative estimate of drug-likeness (QED) is 0.666. The molecule has 0 fully saturated rings. The fourth-order valence-corrected chi connectivity index (χ4v) is 1.51. The van der Waals surface area contributed by atoms with Crippen LogP contribution in [0, 0.1) is 11.3 Å². The largest absolute Gasteiger partial charge is 0.491 e. The van der Waals surface area contributed by atoms with E-state index in [1.807, 2.05) is 19.9 Å². The predicted octanol–water partition coefficient (Wildman–Crippen LogP) is 1.31. The minimum Gasteiger partial charge on any atom is -0.491 e. The van der Waals surface area contributed by atoms with Crippen molar-refractivity contribution in [2.75, 3.05) is 26.3 Å². The Balaban J connectivity index is 2.13. The minimum absolute atomic E-state index is 0.212. The van der Waals surface area contributed by atoms with Crippen molar-refractivity contribution < 1.29 is 14.6 Å². The molecule has 1 aromatic carbocycles. The van der Waals surface area contributed by atoms with E-state index in [-0.39, 0.29) is 12.7 Å². The number of hydrogen-bond acceptors (Lipinski definition) is 5. The van der Waals surface area contributed by atoms with E-state index in [1.54, 1.807) is 24.3 Å². The molecule has 1 aromatic rings. The number of aliphatic hydroxyl groups excluding tert-OH is 1. The molecule has 5 heteroatoms. The number of aliphatic hydroxyl groups is 1. The summed E-state index contributed by atoms with van der Waals surface area (Å²) in [5.41, 5.74) is 0.588. The molecule has 1 unspecified atom stereocenters. The van der Waals surface area contributed by atoms with Gasteiger partial charge in [-0.2, -0.15) is 5.26 Å². The van der Waals surface area contributed by atoms with Gasteiger partial charge in [-0.15, -0.1) is 0 Å². The van der Waals surface area contributed by atoms with E-state index in [2.05, 4.69) is 5.32 Å². The maximum Gasteiger partial charge on any atom is 0.119 e. The summed E-state index contributed by atoms with van der Waals surface area (Å²) >= 11 is 0. The Morgan fingerprint density at radius 2 is 2.00 bits per heavy atom. The molecule has 1 rings (SSSR count). The van der Waals surface area contributed by atoms with E-state index in [1.165, 1.54) is 0 Å². The molecule has 0 aliphatic heterocycles. The van der Waals surface area contributed by atoms with E-state index >= 15 is 0 Å². The van der Waals surface area contributed by atoms with Crippen LogP contribution < -0.4 is 10.1 Å². The lowest BCUT2D eigenvalue weighted by Gasteiger charge is -2.14. The highest BCUT2D eigenvalue weighted by atomic mass is 16.5. The molecular formula is C15H22N2O3. The van der Waals surface area contributed by atoms with Gasteiger partial charge >= 0.3 is 0 Å². The van der Waals surface area contributed by atoms with Crippen molar-refractivity contribution in [3.8, 4) is 11.8 Å². The van der Waals surface area contributed by atoms with Gasteiger partial charge in [-0.25, -0.2) is 0 Å². The van der Waals surface area contributed by atoms with Crippen LogP contribution in [0.15, 0.2) is 24.3 Å². The average molecular weight is 278 g/mol. The fourth-order valence-electron chi connectivity index (χ4n) is 1.51. The van der Waals surface area contributed by atoms with E-state index < -0.39 is 6.10 Å². The SMILES string of the molecule is CC(C)OCCNCC(O)COc1ccc(C#N)cc1. The van der Waals surface area contributed by atoms with Crippen LogP contribution in [0.25, 0.3) is 0 Å². The van der Waals surface area contributed by atoms with Gasteiger partial charge in [-0.05, 0) is 38.1 Å². The normalized spacial score (nSPS) is 12.2. The van der Waals surface area contributed by atoms with Crippen molar-refractivity contribution in [3.63, 3.8) is 0 Å². The van der Waals surface area contributed by atoms with Crippen molar-refractivity contribution in [1.82, 2.24) is 5.32 Å². The molecule has 0 spiro atoms. The first-order valence-electron chi connectivity index (χ1n) is 6.75. The Hall–Kier alpha value is -1.61. The number of nitrogens with one attached hydrogen (secondary N) is 1. The predicted molar refractivity (Wildman–Crippen MR) is 76.6 cm³/mol. The standard InChI is InChI=1S/C15H22N2O3/c1-12(2)19-8-7-17-10-14(18)11-20-15-5-3-13(9-16)4-6-15/h3-6,12,14,17-18H,7-8,10-11H2,1-2H3. The Morgan fingerprint density at radius 3 is 2.60 bits per heavy atom. The van der Waals surface area contributed by atoms with Crippen LogP contribution in [-0.4, -0.2) is 43.6 Å². The Kier molecular flexibility index (Phi) is 7.66. The summed E-state index contributed by atoms with van der Waals surface area (Å²) in [7, 11) is 0. The first-order chi connectivity index (χ1) is 9.61. The summed E-state index contributed by atoms with van der Waals surface area (Å²) in [6, 6.07) is 8.84. The molecule has 0 bridgehead atoms. The molecule has 0 heterocycles. The molecule has 0 aromatic heterocycles. The highest BCUT2D eigenvalue weighted by Gasteiger charge is 2.05. The topological polar surface area (TPSA) is 74.5 Å². The lowest BCUT2D eigenvalue weighted by molar-refractivity contribution is 0.0735. The highest BCUT2D eigenvalue weighted by molar-refractivity contribution is 5.34. The second-order valence-electron chi connectivity index (χ2n) is 4.72. The zero-order chi connectivity index (χ0) is 14.8. The molecule has 20 heavy (non-hydrogen) atoms. The summed E-state index contributed by atoms with van der Waals surface area (Å²) in [4.78, 5) is 0. The Bertz CT molecular complexity index is 412. The van der Waals surface area contributed by atoms with E-state index in [0.29, 0.717) is 31.0 Å². The Morgan fingerprint density at radius 1 is 1.30 bits per heavy atom. The number of rotatable bonds is 9. The van der Waals surface area contributed by atoms with Crippen LogP contribution in [0.1, 0.15) is 19.4 Å². The third-order valence-corrected chi connectivity index (χ3v) is 2.54. The van der Waals surface area contributed by atoms with Gasteiger partial charge in [-0.1, -0.05) is 0 Å². The van der Waals surface area contributed by atoms with Gasteiger partial charge in [0.15, 0.2) is 0 Å². The van der Waals surface area contributed by atoms with Crippen LogP contribution in [0.5, 0.6) is 5.75 Å². The van der Waals surface area contributed by atoms with Gasteiger partial charge in [0.05, 0.1) is 24.3 Å². The molecule has 0 aliphatic carbocycles. The van der Waals surface area contributed by atoms with Gasteiger partial charge in [0.2, 0.25) is 0 Å². The van der Waals surface area contributed by atoms with Crippen LogP contribution in [0.2, 0.25) is 0 Å². The molecule has 0 saturated carbocycles. The minimum atomic E-state index is -0.579. The van der Waals surface area contributed by atoms with Crippen LogP contribution in [0.3, 0.4) is 0 Å². The molecule has 2 N–H and O–H groups in total. The lowest BCUT2D eigenvalue weighted by atomic mass is 10.2. The van der Waals surface area contributed by atoms with E-state index in [9.17, 15) is 5.11 Å². The van der Waals surface area contributed by atoms with Gasteiger partial charge in [0, 0.05) is 13.1 Å². The average Bonchev–Trinajstić information content (AvgIpc) is 2.45. The zero-order valence-corrected chi connectivity index (χ0v) is 12.0. The molecule has 0 amide bonds. The summed E-state index contributed by atoms with van der Waals surface area (Å²) in [5, 5.41) is 21.5. The van der Waals surface area contributed by atoms with E-state index in [4.69, 9.17) is 14.7 Å². The van der Waals surface area contributed by atoms with Gasteiger partial charge in [-0.3, -0.25) is 0 Å². The molecule has 1 atom stereocenters. The summed E-state index contributed by atoms with van der Waals surface area (Å²) in [6.45, 7) is 5.97. The first-order valence-corrected chi connectivity index (χ1v) is 6.75. The van der Waals surface area contributed by atoms with Crippen LogP contribution >= 0.6 is 0 Å². The maximum absolute atomic E-state index is 9.74. The van der Waals surface area contributed by atoms with Crippen molar-refractivity contribution >= 4 is 0 Å². The molecule has 0 saturated heterocycles. The second kappa shape index (κ2) is 9.32. The Labute approximate surface area is 120 Å². The zero-order valence-electron chi connectivity index (χ0n) is 12.0. The van der Waals surface area contributed by atoms with Gasteiger partial charge in [0.1, 0.15) is 18.5 Å². The van der Waals surface area contributed by atoms with E-state index in [0.717, 1.165) is 0 Å². The van der Waals surface area contributed by atoms with Crippen molar-refractivity contribution in [1.29, 1.82) is 5.26 Å². The third kappa shape index (κ3) is 7.10. The van der Waals surface area contributed by atoms with Gasteiger partial charge < -0.3 is 19.9 Å². The molecule has 5 nitrogen and oxygen atoms in total. The van der Waals surface area contributed by atoms with Crippen LogP contribution in [0.4, 0.5) is 0 Å². The lowest BCUT2D eigenvalue weighted by Crippen LogP contribution is -2.33. The molecular weight excluding hydrogens is 256 g/mol. The molecule has 0 radical (unpaired) electrons. The summed E-state index contributed by atoms with van der Waals surface area (Å²) in [6.07, 6.45) is -0.355. The number of nitrogens with zero attached hydrogens (tertiary/aromatic N) is 1. The first kappa shape index (κ1) is 16.4. The number of benzene rings is 1. The van der Waals surface area contributed by atoms with Crippen molar-refractivity contribution in [2.24, 2.45) is 0 Å². The monoisotopic (exact) mass is 278 g/mol.